The molecule has 0 aromatic heterocycles. The molecule has 17 heavy (non-hydrogen) atoms. The second-order valence-corrected chi connectivity index (χ2v) is 6.52. The van der Waals surface area contributed by atoms with Crippen molar-refractivity contribution in [3.05, 3.63) is 28.8 Å². The Labute approximate surface area is 105 Å². The van der Waals surface area contributed by atoms with E-state index in [0.29, 0.717) is 5.56 Å². The summed E-state index contributed by atoms with van der Waals surface area (Å²) in [4.78, 5) is 11.3. The molecule has 0 heterocycles. The molecule has 0 aliphatic carbocycles. The molecule has 0 radical (unpaired) electrons. The van der Waals surface area contributed by atoms with Crippen LogP contribution >= 0.6 is 0 Å². The van der Waals surface area contributed by atoms with Crippen molar-refractivity contribution in [1.29, 1.82) is 0 Å². The smallest absolute Gasteiger partial charge is 0.153 e. The number of carbonyl (C=O) groups is 1. The fourth-order valence-corrected chi connectivity index (χ4v) is 1.72. The van der Waals surface area contributed by atoms with Crippen LogP contribution in [0.2, 0.25) is 0 Å². The highest BCUT2D eigenvalue weighted by atomic mass is 16.3. The van der Waals surface area contributed by atoms with Crippen molar-refractivity contribution in [3.8, 4) is 5.75 Å². The van der Waals surface area contributed by atoms with Crippen LogP contribution in [0.4, 0.5) is 0 Å². The van der Waals surface area contributed by atoms with Crippen molar-refractivity contribution in [1.82, 2.24) is 0 Å². The van der Waals surface area contributed by atoms with Gasteiger partial charge in [0, 0.05) is 5.56 Å². The lowest BCUT2D eigenvalue weighted by molar-refractivity contribution is 0.112. The largest absolute Gasteiger partial charge is 0.507 e. The Morgan fingerprint density at radius 3 is 2.00 bits per heavy atom. The first-order valence-electron chi connectivity index (χ1n) is 6.33. The average molecular weight is 235 g/mol. The SMILES string of the molecule is [2H]C(=O)c1cc(C(C)(C)C)cc(C(C)(C)C)c1O. The van der Waals surface area contributed by atoms with E-state index >= 15 is 0 Å². The zero-order valence-electron chi connectivity index (χ0n) is 12.5. The zero-order valence-corrected chi connectivity index (χ0v) is 11.5. The minimum absolute atomic E-state index is 0.0597. The van der Waals surface area contributed by atoms with Crippen molar-refractivity contribution in [2.24, 2.45) is 0 Å². The molecule has 0 fully saturated rings. The first kappa shape index (κ1) is 12.2. The maximum atomic E-state index is 11.3. The Morgan fingerprint density at radius 1 is 1.12 bits per heavy atom. The van der Waals surface area contributed by atoms with Gasteiger partial charge >= 0.3 is 0 Å². The van der Waals surface area contributed by atoms with Crippen LogP contribution < -0.4 is 0 Å². The van der Waals surface area contributed by atoms with Gasteiger partial charge < -0.3 is 5.11 Å². The molecule has 0 saturated carbocycles. The number of rotatable bonds is 1. The lowest BCUT2D eigenvalue weighted by atomic mass is 9.79. The highest BCUT2D eigenvalue weighted by Gasteiger charge is 2.24. The van der Waals surface area contributed by atoms with Gasteiger partial charge in [0.1, 0.15) is 7.12 Å². The van der Waals surface area contributed by atoms with Crippen LogP contribution in [0.25, 0.3) is 0 Å². The lowest BCUT2D eigenvalue weighted by Gasteiger charge is -2.26. The third-order valence-electron chi connectivity index (χ3n) is 2.89. The molecule has 0 aliphatic rings. The molecule has 0 bridgehead atoms. The van der Waals surface area contributed by atoms with E-state index in [1.165, 1.54) is 0 Å². The molecule has 0 atom stereocenters. The van der Waals surface area contributed by atoms with Crippen molar-refractivity contribution >= 4 is 6.26 Å². The van der Waals surface area contributed by atoms with Gasteiger partial charge in [-0.25, -0.2) is 0 Å². The summed E-state index contributed by atoms with van der Waals surface area (Å²) in [5, 5.41) is 10.1. The van der Waals surface area contributed by atoms with Gasteiger partial charge in [0.25, 0.3) is 0 Å². The predicted molar refractivity (Wildman–Crippen MR) is 70.9 cm³/mol. The number of phenols is 1. The van der Waals surface area contributed by atoms with Gasteiger partial charge in [0.2, 0.25) is 0 Å². The monoisotopic (exact) mass is 235 g/mol. The summed E-state index contributed by atoms with van der Waals surface area (Å²) >= 11 is 0. The van der Waals surface area contributed by atoms with Crippen LogP contribution in [0.3, 0.4) is 0 Å². The van der Waals surface area contributed by atoms with E-state index in [-0.39, 0.29) is 22.1 Å². The molecule has 0 unspecified atom stereocenters. The van der Waals surface area contributed by atoms with Gasteiger partial charge in [-0.2, -0.15) is 0 Å². The van der Waals surface area contributed by atoms with E-state index in [2.05, 4.69) is 0 Å². The normalized spacial score (nSPS) is 13.4. The standard InChI is InChI=1S/C15H22O2/c1-14(2,3)11-7-10(9-16)13(17)12(8-11)15(4,5)6/h7-9,17H,1-6H3/i9D. The minimum atomic E-state index is -0.843. The molecule has 1 aromatic rings. The van der Waals surface area contributed by atoms with Gasteiger partial charge in [-0.3, -0.25) is 4.79 Å². The first-order valence-corrected chi connectivity index (χ1v) is 5.83. The van der Waals surface area contributed by atoms with E-state index in [1.807, 2.05) is 47.6 Å². The number of aldehydes is 1. The predicted octanol–water partition coefficient (Wildman–Crippen LogP) is 3.80. The summed E-state index contributed by atoms with van der Waals surface area (Å²) in [5.74, 6) is -0.0597. The molecule has 1 rings (SSSR count). The first-order chi connectivity index (χ1) is 7.94. The Morgan fingerprint density at radius 2 is 1.65 bits per heavy atom. The van der Waals surface area contributed by atoms with Crippen LogP contribution in [0.1, 0.15) is 64.4 Å². The minimum Gasteiger partial charge on any atom is -0.507 e. The molecule has 1 N–H and O–H groups in total. The van der Waals surface area contributed by atoms with E-state index in [4.69, 9.17) is 1.37 Å². The van der Waals surface area contributed by atoms with E-state index in [1.54, 1.807) is 6.07 Å². The van der Waals surface area contributed by atoms with Crippen molar-refractivity contribution < 1.29 is 11.3 Å². The van der Waals surface area contributed by atoms with Crippen LogP contribution in [-0.2, 0) is 10.8 Å². The van der Waals surface area contributed by atoms with Gasteiger partial charge in [-0.05, 0) is 22.5 Å². The average Bonchev–Trinajstić information content (AvgIpc) is 2.13. The number of aromatic hydroxyl groups is 1. The number of phenolic OH excluding ortho intramolecular Hbond substituents is 1. The molecule has 0 saturated heterocycles. The highest BCUT2D eigenvalue weighted by Crippen LogP contribution is 2.36. The maximum absolute atomic E-state index is 11.3. The van der Waals surface area contributed by atoms with Crippen LogP contribution in [0.5, 0.6) is 5.75 Å². The zero-order chi connectivity index (χ0) is 14.3. The molecule has 2 heteroatoms. The molecule has 2 nitrogen and oxygen atoms in total. The summed E-state index contributed by atoms with van der Waals surface area (Å²) in [7, 11) is 0. The number of hydrogen-bond acceptors (Lipinski definition) is 2. The van der Waals surface area contributed by atoms with Gasteiger partial charge in [0.15, 0.2) is 6.26 Å². The quantitative estimate of drug-likeness (QED) is 0.752. The topological polar surface area (TPSA) is 37.3 Å². The summed E-state index contributed by atoms with van der Waals surface area (Å²) in [6.45, 7) is 12.1. The van der Waals surface area contributed by atoms with Crippen LogP contribution in [-0.4, -0.2) is 11.4 Å². The maximum Gasteiger partial charge on any atom is 0.153 e. The summed E-state index contributed by atoms with van der Waals surface area (Å²) in [6.07, 6.45) is -0.843. The number of benzene rings is 1. The Balaban J connectivity index is 3.63. The van der Waals surface area contributed by atoms with Crippen LogP contribution in [0, 0.1) is 0 Å². The van der Waals surface area contributed by atoms with Crippen molar-refractivity contribution in [2.75, 3.05) is 0 Å². The third-order valence-corrected chi connectivity index (χ3v) is 2.89. The lowest BCUT2D eigenvalue weighted by Crippen LogP contribution is -2.17. The summed E-state index contributed by atoms with van der Waals surface area (Å²) < 4.78 is 7.26. The molecule has 0 amide bonds. The Bertz CT molecular complexity index is 476. The van der Waals surface area contributed by atoms with Gasteiger partial charge in [-0.15, -0.1) is 0 Å². The van der Waals surface area contributed by atoms with E-state index in [0.717, 1.165) is 5.56 Å². The molecule has 0 aliphatic heterocycles. The molecular weight excluding hydrogens is 212 g/mol. The third kappa shape index (κ3) is 2.87. The van der Waals surface area contributed by atoms with Gasteiger partial charge in [-0.1, -0.05) is 47.6 Å². The second-order valence-electron chi connectivity index (χ2n) is 6.52. The van der Waals surface area contributed by atoms with Gasteiger partial charge in [0.05, 0.1) is 5.56 Å². The van der Waals surface area contributed by atoms with E-state index < -0.39 is 6.26 Å². The fourth-order valence-electron chi connectivity index (χ4n) is 1.72. The number of hydrogen-bond donors (Lipinski definition) is 1. The molecule has 94 valence electrons. The highest BCUT2D eigenvalue weighted by molar-refractivity contribution is 5.81. The molecule has 1 aromatic carbocycles. The second kappa shape index (κ2) is 4.17. The van der Waals surface area contributed by atoms with E-state index in [9.17, 15) is 9.90 Å². The summed E-state index contributed by atoms with van der Waals surface area (Å²) in [5.41, 5.74) is 1.37. The Hall–Kier alpha value is -1.31. The Kier molecular flexibility index (Phi) is 2.98. The fraction of sp³-hybridized carbons (Fsp3) is 0.533. The van der Waals surface area contributed by atoms with Crippen LogP contribution in [0.15, 0.2) is 12.1 Å². The summed E-state index contributed by atoms with van der Waals surface area (Å²) in [6, 6.07) is 3.56. The van der Waals surface area contributed by atoms with Crippen molar-refractivity contribution in [3.63, 3.8) is 0 Å². The molecular formula is C15H22O2. The molecule has 0 spiro atoms. The van der Waals surface area contributed by atoms with Crippen molar-refractivity contribution in [2.45, 2.75) is 52.4 Å². The number of carbonyl (C=O) groups excluding carboxylic acids is 1.